The van der Waals surface area contributed by atoms with Gasteiger partial charge in [-0.25, -0.2) is 13.4 Å². The summed E-state index contributed by atoms with van der Waals surface area (Å²) in [6.07, 6.45) is 5.84. The zero-order valence-electron chi connectivity index (χ0n) is 14.3. The lowest BCUT2D eigenvalue weighted by atomic mass is 10.1. The van der Waals surface area contributed by atoms with Crippen molar-refractivity contribution in [2.24, 2.45) is 0 Å². The van der Waals surface area contributed by atoms with Crippen molar-refractivity contribution in [3.63, 3.8) is 0 Å². The fourth-order valence-electron chi connectivity index (χ4n) is 2.83. The highest BCUT2D eigenvalue weighted by atomic mass is 32.2. The summed E-state index contributed by atoms with van der Waals surface area (Å²) in [5.41, 5.74) is 0.875. The summed E-state index contributed by atoms with van der Waals surface area (Å²) in [4.78, 5) is 8.26. The minimum absolute atomic E-state index is 0.0671. The van der Waals surface area contributed by atoms with Crippen molar-refractivity contribution in [2.45, 2.75) is 30.8 Å². The predicted octanol–water partition coefficient (Wildman–Crippen LogP) is 2.03. The van der Waals surface area contributed by atoms with Crippen LogP contribution < -0.4 is 9.47 Å². The van der Waals surface area contributed by atoms with Crippen LogP contribution in [-0.4, -0.2) is 49.0 Å². The van der Waals surface area contributed by atoms with E-state index in [1.807, 2.05) is 13.0 Å². The molecule has 0 bridgehead atoms. The Morgan fingerprint density at radius 1 is 1.20 bits per heavy atom. The standard InChI is InChI=1S/C17H21N3O4S/c1-13-3-4-15(23-2)16(11-13)25(21,22)20-9-5-14(6-10-20)24-17-12-18-7-8-19-17/h3-4,7-8,11-12,14H,5-6,9-10H2,1-2H3. The Morgan fingerprint density at radius 2 is 1.96 bits per heavy atom. The van der Waals surface area contributed by atoms with E-state index in [1.54, 1.807) is 30.7 Å². The molecule has 0 saturated carbocycles. The summed E-state index contributed by atoms with van der Waals surface area (Å²) >= 11 is 0. The highest BCUT2D eigenvalue weighted by molar-refractivity contribution is 7.89. The number of ether oxygens (including phenoxy) is 2. The van der Waals surface area contributed by atoms with E-state index in [0.717, 1.165) is 5.56 Å². The molecule has 0 aliphatic carbocycles. The number of sulfonamides is 1. The summed E-state index contributed by atoms with van der Waals surface area (Å²) in [5, 5.41) is 0. The first-order chi connectivity index (χ1) is 12.0. The lowest BCUT2D eigenvalue weighted by molar-refractivity contribution is 0.129. The first kappa shape index (κ1) is 17.6. The Balaban J connectivity index is 1.71. The van der Waals surface area contributed by atoms with Crippen LogP contribution in [0.5, 0.6) is 11.6 Å². The molecular formula is C17H21N3O4S. The van der Waals surface area contributed by atoms with Crippen molar-refractivity contribution >= 4 is 10.0 Å². The van der Waals surface area contributed by atoms with E-state index < -0.39 is 10.0 Å². The van der Waals surface area contributed by atoms with Crippen LogP contribution in [0.2, 0.25) is 0 Å². The van der Waals surface area contributed by atoms with Gasteiger partial charge in [-0.1, -0.05) is 6.07 Å². The molecule has 0 N–H and O–H groups in total. The Bertz CT molecular complexity index is 819. The molecule has 2 aromatic rings. The molecule has 134 valence electrons. The zero-order valence-corrected chi connectivity index (χ0v) is 15.1. The first-order valence-electron chi connectivity index (χ1n) is 8.08. The molecule has 8 heteroatoms. The third-order valence-corrected chi connectivity index (χ3v) is 6.08. The van der Waals surface area contributed by atoms with Crippen molar-refractivity contribution in [3.05, 3.63) is 42.4 Å². The van der Waals surface area contributed by atoms with Crippen molar-refractivity contribution in [1.29, 1.82) is 0 Å². The number of benzene rings is 1. The monoisotopic (exact) mass is 363 g/mol. The number of aryl methyl sites for hydroxylation is 1. The Hall–Kier alpha value is -2.19. The number of nitrogens with zero attached hydrogens (tertiary/aromatic N) is 3. The van der Waals surface area contributed by atoms with E-state index in [2.05, 4.69) is 9.97 Å². The van der Waals surface area contributed by atoms with Gasteiger partial charge in [0, 0.05) is 25.5 Å². The van der Waals surface area contributed by atoms with Crippen LogP contribution in [-0.2, 0) is 10.0 Å². The van der Waals surface area contributed by atoms with E-state index in [9.17, 15) is 8.42 Å². The maximum absolute atomic E-state index is 13.0. The van der Waals surface area contributed by atoms with E-state index in [-0.39, 0.29) is 11.0 Å². The minimum Gasteiger partial charge on any atom is -0.495 e. The molecule has 25 heavy (non-hydrogen) atoms. The van der Waals surface area contributed by atoms with Gasteiger partial charge in [0.25, 0.3) is 0 Å². The maximum atomic E-state index is 13.0. The molecule has 1 aromatic carbocycles. The number of hydrogen-bond acceptors (Lipinski definition) is 6. The van der Waals surface area contributed by atoms with Gasteiger partial charge in [-0.2, -0.15) is 4.31 Å². The molecule has 7 nitrogen and oxygen atoms in total. The molecule has 0 spiro atoms. The molecule has 3 rings (SSSR count). The van der Waals surface area contributed by atoms with Crippen molar-refractivity contribution in [2.75, 3.05) is 20.2 Å². The quantitative estimate of drug-likeness (QED) is 0.808. The number of aromatic nitrogens is 2. The summed E-state index contributed by atoms with van der Waals surface area (Å²) in [5.74, 6) is 0.827. The molecular weight excluding hydrogens is 342 g/mol. The largest absolute Gasteiger partial charge is 0.495 e. The fraction of sp³-hybridized carbons (Fsp3) is 0.412. The summed E-state index contributed by atoms with van der Waals surface area (Å²) in [6, 6.07) is 5.17. The first-order valence-corrected chi connectivity index (χ1v) is 9.52. The maximum Gasteiger partial charge on any atom is 0.246 e. The third kappa shape index (κ3) is 3.91. The second kappa shape index (κ2) is 7.37. The Kier molecular flexibility index (Phi) is 5.19. The second-order valence-electron chi connectivity index (χ2n) is 5.92. The van der Waals surface area contributed by atoms with Crippen LogP contribution in [0.3, 0.4) is 0 Å². The van der Waals surface area contributed by atoms with E-state index in [1.165, 1.54) is 11.4 Å². The summed E-state index contributed by atoms with van der Waals surface area (Å²) < 4.78 is 38.4. The number of hydrogen-bond donors (Lipinski definition) is 0. The normalized spacial score (nSPS) is 16.6. The molecule has 1 saturated heterocycles. The lowest BCUT2D eigenvalue weighted by Crippen LogP contribution is -2.41. The van der Waals surface area contributed by atoms with Crippen molar-refractivity contribution in [1.82, 2.24) is 14.3 Å². The average molecular weight is 363 g/mol. The van der Waals surface area contributed by atoms with Gasteiger partial charge in [-0.15, -0.1) is 0 Å². The number of methoxy groups -OCH3 is 1. The lowest BCUT2D eigenvalue weighted by Gasteiger charge is -2.31. The topological polar surface area (TPSA) is 81.6 Å². The molecule has 1 aromatic heterocycles. The minimum atomic E-state index is -3.60. The average Bonchev–Trinajstić information content (AvgIpc) is 2.63. The number of rotatable bonds is 5. The van der Waals surface area contributed by atoms with Gasteiger partial charge in [0.05, 0.1) is 13.3 Å². The summed E-state index contributed by atoms with van der Waals surface area (Å²) in [7, 11) is -2.12. The molecule has 0 radical (unpaired) electrons. The molecule has 0 atom stereocenters. The molecule has 1 aliphatic rings. The van der Waals surface area contributed by atoms with E-state index >= 15 is 0 Å². The van der Waals surface area contributed by atoms with Crippen LogP contribution in [0.4, 0.5) is 0 Å². The van der Waals surface area contributed by atoms with Gasteiger partial charge in [0.15, 0.2) is 0 Å². The third-order valence-electron chi connectivity index (χ3n) is 4.16. The van der Waals surface area contributed by atoms with Crippen LogP contribution in [0, 0.1) is 6.92 Å². The molecule has 2 heterocycles. The van der Waals surface area contributed by atoms with Crippen LogP contribution in [0.15, 0.2) is 41.7 Å². The Morgan fingerprint density at radius 3 is 2.60 bits per heavy atom. The van der Waals surface area contributed by atoms with Crippen LogP contribution in [0.1, 0.15) is 18.4 Å². The highest BCUT2D eigenvalue weighted by Gasteiger charge is 2.32. The van der Waals surface area contributed by atoms with Crippen molar-refractivity contribution < 1.29 is 17.9 Å². The van der Waals surface area contributed by atoms with Gasteiger partial charge in [-0.05, 0) is 37.5 Å². The molecule has 1 aliphatic heterocycles. The van der Waals surface area contributed by atoms with Crippen molar-refractivity contribution in [3.8, 4) is 11.6 Å². The summed E-state index contributed by atoms with van der Waals surface area (Å²) in [6.45, 7) is 2.65. The number of piperidine rings is 1. The van der Waals surface area contributed by atoms with Gasteiger partial charge >= 0.3 is 0 Å². The van der Waals surface area contributed by atoms with Crippen LogP contribution >= 0.6 is 0 Å². The van der Waals surface area contributed by atoms with Gasteiger partial charge < -0.3 is 9.47 Å². The van der Waals surface area contributed by atoms with Gasteiger partial charge in [0.2, 0.25) is 15.9 Å². The molecule has 0 amide bonds. The SMILES string of the molecule is COc1ccc(C)cc1S(=O)(=O)N1CCC(Oc2cnccn2)CC1. The van der Waals surface area contributed by atoms with Gasteiger partial charge in [-0.3, -0.25) is 4.98 Å². The highest BCUT2D eigenvalue weighted by Crippen LogP contribution is 2.30. The van der Waals surface area contributed by atoms with E-state index in [4.69, 9.17) is 9.47 Å². The van der Waals surface area contributed by atoms with Gasteiger partial charge in [0.1, 0.15) is 16.7 Å². The molecule has 1 fully saturated rings. The predicted molar refractivity (Wildman–Crippen MR) is 92.2 cm³/mol. The zero-order chi connectivity index (χ0) is 17.9. The second-order valence-corrected chi connectivity index (χ2v) is 7.83. The Labute approximate surface area is 147 Å². The van der Waals surface area contributed by atoms with Crippen LogP contribution in [0.25, 0.3) is 0 Å². The van der Waals surface area contributed by atoms with E-state index in [0.29, 0.717) is 37.6 Å². The fourth-order valence-corrected chi connectivity index (χ4v) is 4.54. The smallest absolute Gasteiger partial charge is 0.246 e. The molecule has 0 unspecified atom stereocenters.